The van der Waals surface area contributed by atoms with Gasteiger partial charge in [-0.05, 0) is 42.5 Å². The Morgan fingerprint density at radius 2 is 2.13 bits per heavy atom. The summed E-state index contributed by atoms with van der Waals surface area (Å²) in [6.07, 6.45) is 5.61. The zero-order valence-corrected chi connectivity index (χ0v) is 17.7. The molecule has 2 aliphatic heterocycles. The van der Waals surface area contributed by atoms with Crippen LogP contribution in [0.4, 0.5) is 5.82 Å². The fourth-order valence-electron chi connectivity index (χ4n) is 4.02. The van der Waals surface area contributed by atoms with Crippen molar-refractivity contribution in [3.05, 3.63) is 41.8 Å². The highest BCUT2D eigenvalue weighted by molar-refractivity contribution is 6.33. The molecule has 9 nitrogen and oxygen atoms in total. The number of imidazole rings is 1. The number of halogens is 1. The number of hydrazine groups is 2. The first-order valence-corrected chi connectivity index (χ1v) is 10.8. The number of ether oxygens (including phenoxy) is 1. The van der Waals surface area contributed by atoms with E-state index in [0.717, 1.165) is 54.8 Å². The molecule has 0 bridgehead atoms. The molecule has 1 amide bonds. The number of hydrogen-bond donors (Lipinski definition) is 4. The predicted molar refractivity (Wildman–Crippen MR) is 118 cm³/mol. The maximum absolute atomic E-state index is 12.4. The fourth-order valence-corrected chi connectivity index (χ4v) is 4.23. The Balaban J connectivity index is 1.41. The molecule has 2 aliphatic rings. The number of carbonyl (C=O) groups is 1. The molecule has 162 valence electrons. The van der Waals surface area contributed by atoms with Crippen molar-refractivity contribution in [3.8, 4) is 11.1 Å². The van der Waals surface area contributed by atoms with Crippen molar-refractivity contribution in [2.24, 2.45) is 5.92 Å². The van der Waals surface area contributed by atoms with Crippen molar-refractivity contribution in [1.29, 1.82) is 0 Å². The highest BCUT2D eigenvalue weighted by Gasteiger charge is 2.22. The lowest BCUT2D eigenvalue weighted by molar-refractivity contribution is -0.117. The summed E-state index contributed by atoms with van der Waals surface area (Å²) in [5.74, 6) is 0.867. The molecule has 2 fully saturated rings. The van der Waals surface area contributed by atoms with Gasteiger partial charge >= 0.3 is 0 Å². The Morgan fingerprint density at radius 3 is 2.94 bits per heavy atom. The van der Waals surface area contributed by atoms with Gasteiger partial charge in [0.05, 0.1) is 22.4 Å². The van der Waals surface area contributed by atoms with E-state index in [9.17, 15) is 4.79 Å². The monoisotopic (exact) mass is 441 g/mol. The lowest BCUT2D eigenvalue weighted by Gasteiger charge is -2.22. The van der Waals surface area contributed by atoms with Crippen LogP contribution in [-0.4, -0.2) is 46.2 Å². The standard InChI is InChI=1S/C21H24ClN7O2/c22-16-9-23-20(26-21(30)18-10-25-28-27-18)8-15(16)14-1-2-17-19(7-14)29(12-24-17)11-13-3-5-31-6-4-13/h1-2,7-9,12-13,18,25,27-28H,3-6,10-11H2,(H,23,26,30). The molecule has 0 radical (unpaired) electrons. The number of aromatic nitrogens is 3. The van der Waals surface area contributed by atoms with Gasteiger partial charge in [0.25, 0.3) is 0 Å². The number of fused-ring (bicyclic) bond motifs is 1. The van der Waals surface area contributed by atoms with Crippen LogP contribution in [0.15, 0.2) is 36.8 Å². The molecule has 3 aromatic rings. The second kappa shape index (κ2) is 8.89. The van der Waals surface area contributed by atoms with Crippen LogP contribution in [0.25, 0.3) is 22.2 Å². The van der Waals surface area contributed by atoms with Crippen molar-refractivity contribution in [2.75, 3.05) is 25.1 Å². The quantitative estimate of drug-likeness (QED) is 0.480. The summed E-state index contributed by atoms with van der Waals surface area (Å²) >= 11 is 6.47. The number of benzene rings is 1. The molecular weight excluding hydrogens is 418 g/mol. The summed E-state index contributed by atoms with van der Waals surface area (Å²) in [4.78, 5) is 21.2. The highest BCUT2D eigenvalue weighted by atomic mass is 35.5. The summed E-state index contributed by atoms with van der Waals surface area (Å²) in [7, 11) is 0. The Hall–Kier alpha value is -2.56. The van der Waals surface area contributed by atoms with Crippen LogP contribution in [0.3, 0.4) is 0 Å². The van der Waals surface area contributed by atoms with Gasteiger partial charge in [0.2, 0.25) is 5.91 Å². The molecule has 5 rings (SSSR count). The van der Waals surface area contributed by atoms with Gasteiger partial charge in [-0.1, -0.05) is 17.7 Å². The van der Waals surface area contributed by atoms with Gasteiger partial charge < -0.3 is 14.6 Å². The van der Waals surface area contributed by atoms with Crippen LogP contribution in [-0.2, 0) is 16.1 Å². The third-order valence-electron chi connectivity index (χ3n) is 5.79. The Kier molecular flexibility index (Phi) is 5.84. The summed E-state index contributed by atoms with van der Waals surface area (Å²) < 4.78 is 7.69. The van der Waals surface area contributed by atoms with Gasteiger partial charge in [-0.15, -0.1) is 0 Å². The minimum atomic E-state index is -0.378. The number of anilines is 1. The van der Waals surface area contributed by atoms with Crippen molar-refractivity contribution >= 4 is 34.4 Å². The lowest BCUT2D eigenvalue weighted by Crippen LogP contribution is -2.41. The van der Waals surface area contributed by atoms with Crippen LogP contribution < -0.4 is 21.7 Å². The zero-order valence-electron chi connectivity index (χ0n) is 16.9. The van der Waals surface area contributed by atoms with E-state index in [2.05, 4.69) is 42.3 Å². The van der Waals surface area contributed by atoms with Crippen molar-refractivity contribution < 1.29 is 9.53 Å². The van der Waals surface area contributed by atoms with Gasteiger partial charge in [0, 0.05) is 38.1 Å². The number of rotatable bonds is 5. The van der Waals surface area contributed by atoms with Gasteiger partial charge in [-0.2, -0.15) is 5.53 Å². The summed E-state index contributed by atoms with van der Waals surface area (Å²) in [6.45, 7) is 3.06. The van der Waals surface area contributed by atoms with E-state index >= 15 is 0 Å². The Labute approximate surface area is 184 Å². The van der Waals surface area contributed by atoms with Gasteiger partial charge in [-0.25, -0.2) is 20.8 Å². The van der Waals surface area contributed by atoms with Crippen LogP contribution in [0.5, 0.6) is 0 Å². The predicted octanol–water partition coefficient (Wildman–Crippen LogP) is 2.10. The Bertz CT molecular complexity index is 1090. The largest absolute Gasteiger partial charge is 0.381 e. The molecule has 1 aromatic carbocycles. The lowest BCUT2D eigenvalue weighted by atomic mass is 10.00. The van der Waals surface area contributed by atoms with E-state index < -0.39 is 0 Å². The normalized spacial score (nSPS) is 19.7. The topological polar surface area (TPSA) is 105 Å². The molecule has 2 saturated heterocycles. The number of hydrogen-bond acceptors (Lipinski definition) is 7. The van der Waals surface area contributed by atoms with E-state index in [1.165, 1.54) is 0 Å². The number of amides is 1. The minimum Gasteiger partial charge on any atom is -0.381 e. The van der Waals surface area contributed by atoms with Crippen LogP contribution in [0.1, 0.15) is 12.8 Å². The van der Waals surface area contributed by atoms with Gasteiger partial charge in [0.1, 0.15) is 11.9 Å². The molecule has 10 heteroatoms. The van der Waals surface area contributed by atoms with E-state index in [4.69, 9.17) is 16.3 Å². The first-order chi connectivity index (χ1) is 15.2. The first-order valence-electron chi connectivity index (χ1n) is 10.4. The minimum absolute atomic E-state index is 0.178. The summed E-state index contributed by atoms with van der Waals surface area (Å²) in [6, 6.07) is 7.52. The fraction of sp³-hybridized carbons (Fsp3) is 0.381. The Morgan fingerprint density at radius 1 is 1.26 bits per heavy atom. The zero-order chi connectivity index (χ0) is 21.2. The van der Waals surface area contributed by atoms with E-state index in [1.807, 2.05) is 18.5 Å². The average molecular weight is 442 g/mol. The molecule has 31 heavy (non-hydrogen) atoms. The molecule has 0 spiro atoms. The van der Waals surface area contributed by atoms with Crippen LogP contribution >= 0.6 is 11.6 Å². The molecule has 2 aromatic heterocycles. The maximum Gasteiger partial charge on any atom is 0.245 e. The number of carbonyl (C=O) groups excluding carboxylic acids is 1. The number of nitrogens with zero attached hydrogens (tertiary/aromatic N) is 3. The average Bonchev–Trinajstić information content (AvgIpc) is 3.46. The summed E-state index contributed by atoms with van der Waals surface area (Å²) in [5.41, 5.74) is 12.2. The molecule has 0 aliphatic carbocycles. The van der Waals surface area contributed by atoms with Crippen LogP contribution in [0.2, 0.25) is 5.02 Å². The third-order valence-corrected chi connectivity index (χ3v) is 6.09. The van der Waals surface area contributed by atoms with Crippen LogP contribution in [0, 0.1) is 5.92 Å². The van der Waals surface area contributed by atoms with E-state index in [-0.39, 0.29) is 11.9 Å². The molecule has 4 heterocycles. The van der Waals surface area contributed by atoms with Crippen molar-refractivity contribution in [2.45, 2.75) is 25.4 Å². The van der Waals surface area contributed by atoms with Gasteiger partial charge in [0.15, 0.2) is 0 Å². The molecule has 0 saturated carbocycles. The maximum atomic E-state index is 12.4. The molecule has 1 atom stereocenters. The first kappa shape index (κ1) is 20.3. The number of nitrogens with one attached hydrogen (secondary N) is 4. The van der Waals surface area contributed by atoms with E-state index in [0.29, 0.717) is 23.3 Å². The van der Waals surface area contributed by atoms with E-state index in [1.54, 1.807) is 12.3 Å². The van der Waals surface area contributed by atoms with Crippen molar-refractivity contribution in [1.82, 2.24) is 30.9 Å². The second-order valence-corrected chi connectivity index (χ2v) is 8.30. The smallest absolute Gasteiger partial charge is 0.245 e. The molecule has 1 unspecified atom stereocenters. The molecule has 4 N–H and O–H groups in total. The van der Waals surface area contributed by atoms with Gasteiger partial charge in [-0.3, -0.25) is 4.79 Å². The summed E-state index contributed by atoms with van der Waals surface area (Å²) in [5, 5.41) is 3.36. The third kappa shape index (κ3) is 4.41. The van der Waals surface area contributed by atoms with Crippen molar-refractivity contribution in [3.63, 3.8) is 0 Å². The second-order valence-electron chi connectivity index (χ2n) is 7.90. The highest BCUT2D eigenvalue weighted by Crippen LogP contribution is 2.32. The SMILES string of the molecule is O=C(Nc1cc(-c2ccc3ncn(CC4CCOCC4)c3c2)c(Cl)cn1)C1CNNN1. The number of pyridine rings is 1. The molecular formula is C21H24ClN7O2.